The van der Waals surface area contributed by atoms with Crippen LogP contribution in [-0.2, 0) is 12.8 Å². The van der Waals surface area contributed by atoms with Gasteiger partial charge in [-0.2, -0.15) is 0 Å². The average Bonchev–Trinajstić information content (AvgIpc) is 3.02. The molecule has 0 radical (unpaired) electrons. The van der Waals surface area contributed by atoms with Crippen molar-refractivity contribution in [3.63, 3.8) is 0 Å². The summed E-state index contributed by atoms with van der Waals surface area (Å²) in [7, 11) is -2.55. The van der Waals surface area contributed by atoms with E-state index in [0.717, 1.165) is 12.8 Å². The lowest BCUT2D eigenvalue weighted by atomic mass is 10.0. The van der Waals surface area contributed by atoms with E-state index in [1.807, 2.05) is 0 Å². The quantitative estimate of drug-likeness (QED) is 0.273. The Bertz CT molecular complexity index is 1220. The summed E-state index contributed by atoms with van der Waals surface area (Å²) in [6.07, 6.45) is 4.73. The highest BCUT2D eigenvalue weighted by molar-refractivity contribution is 7.14. The highest BCUT2D eigenvalue weighted by Crippen LogP contribution is 2.52. The Hall–Kier alpha value is -2.64. The minimum atomic E-state index is -2.55. The maximum atomic E-state index is 2.61. The van der Waals surface area contributed by atoms with Gasteiger partial charge >= 0.3 is 0 Å². The average molecular weight is 465 g/mol. The van der Waals surface area contributed by atoms with Crippen LogP contribution in [0.25, 0.3) is 0 Å². The minimum Gasteiger partial charge on any atom is -0.0730 e. The standard InChI is InChI=1S/C33H40Si/c1-9-28-19-29(10-2)21-32(20-28)34(30-15-11-13-23(3)17-30,31-16-12-14-24(4)18-31)33(8)22-25(5)26(6)27(33)7/h11-22H,9-10H2,1-8H3. The largest absolute Gasteiger partial charge is 0.161 e. The van der Waals surface area contributed by atoms with Gasteiger partial charge in [0.25, 0.3) is 0 Å². The molecule has 3 aromatic carbocycles. The summed E-state index contributed by atoms with van der Waals surface area (Å²) in [6, 6.07) is 26.3. The molecule has 0 saturated heterocycles. The van der Waals surface area contributed by atoms with Crippen LogP contribution in [0.3, 0.4) is 0 Å². The lowest BCUT2D eigenvalue weighted by Crippen LogP contribution is -2.73. The van der Waals surface area contributed by atoms with E-state index < -0.39 is 8.07 Å². The minimum absolute atomic E-state index is 0.0554. The fraction of sp³-hybridized carbons (Fsp3) is 0.333. The van der Waals surface area contributed by atoms with Crippen LogP contribution in [0.1, 0.15) is 63.8 Å². The van der Waals surface area contributed by atoms with E-state index >= 15 is 0 Å². The second kappa shape index (κ2) is 9.19. The molecule has 1 atom stereocenters. The Morgan fingerprint density at radius 1 is 0.647 bits per heavy atom. The fourth-order valence-electron chi connectivity index (χ4n) is 6.27. The van der Waals surface area contributed by atoms with E-state index in [9.17, 15) is 0 Å². The zero-order valence-electron chi connectivity index (χ0n) is 22.3. The lowest BCUT2D eigenvalue weighted by Gasteiger charge is -2.47. The van der Waals surface area contributed by atoms with Crippen molar-refractivity contribution in [1.29, 1.82) is 0 Å². The molecule has 0 heterocycles. The summed E-state index contributed by atoms with van der Waals surface area (Å²) >= 11 is 0. The first-order valence-electron chi connectivity index (χ1n) is 12.8. The van der Waals surface area contributed by atoms with Gasteiger partial charge in [0.15, 0.2) is 8.07 Å². The van der Waals surface area contributed by atoms with Crippen LogP contribution >= 0.6 is 0 Å². The van der Waals surface area contributed by atoms with Gasteiger partial charge in [-0.15, -0.1) is 0 Å². The van der Waals surface area contributed by atoms with Gasteiger partial charge in [0, 0.05) is 5.04 Å². The van der Waals surface area contributed by atoms with Crippen molar-refractivity contribution in [1.82, 2.24) is 0 Å². The van der Waals surface area contributed by atoms with Gasteiger partial charge < -0.3 is 0 Å². The molecule has 0 aromatic heterocycles. The van der Waals surface area contributed by atoms with Gasteiger partial charge in [-0.25, -0.2) is 0 Å². The van der Waals surface area contributed by atoms with E-state index in [0.29, 0.717) is 0 Å². The van der Waals surface area contributed by atoms with Crippen molar-refractivity contribution >= 4 is 23.6 Å². The van der Waals surface area contributed by atoms with E-state index in [-0.39, 0.29) is 5.04 Å². The van der Waals surface area contributed by atoms with E-state index in [4.69, 9.17) is 0 Å². The first-order chi connectivity index (χ1) is 16.2. The third-order valence-electron chi connectivity index (χ3n) is 8.42. The number of benzene rings is 3. The molecule has 0 nitrogen and oxygen atoms in total. The van der Waals surface area contributed by atoms with Crippen molar-refractivity contribution in [2.75, 3.05) is 0 Å². The molecule has 1 unspecified atom stereocenters. The Kier molecular flexibility index (Phi) is 6.62. The first-order valence-corrected chi connectivity index (χ1v) is 14.8. The topological polar surface area (TPSA) is 0 Å². The highest BCUT2D eigenvalue weighted by Gasteiger charge is 2.56. The Balaban J connectivity index is 2.26. The van der Waals surface area contributed by atoms with E-state index in [2.05, 4.69) is 128 Å². The summed E-state index contributed by atoms with van der Waals surface area (Å²) in [5.74, 6) is 0. The zero-order chi connectivity index (χ0) is 24.7. The SMILES string of the molecule is CCc1cc(CC)cc([Si](c2cccc(C)c2)(c2cccc(C)c2)C2(C)C=C(C)C(C)=C2C)c1. The summed E-state index contributed by atoms with van der Waals surface area (Å²) in [5.41, 5.74) is 10.00. The van der Waals surface area contributed by atoms with Crippen molar-refractivity contribution in [3.8, 4) is 0 Å². The second-order valence-corrected chi connectivity index (χ2v) is 14.8. The first kappa shape index (κ1) is 24.5. The van der Waals surface area contributed by atoms with Crippen LogP contribution in [0.4, 0.5) is 0 Å². The van der Waals surface area contributed by atoms with E-state index in [1.165, 1.54) is 49.3 Å². The molecule has 34 heavy (non-hydrogen) atoms. The van der Waals surface area contributed by atoms with Gasteiger partial charge in [0.2, 0.25) is 0 Å². The molecule has 0 bridgehead atoms. The molecule has 0 aliphatic heterocycles. The monoisotopic (exact) mass is 464 g/mol. The molecule has 1 aliphatic carbocycles. The van der Waals surface area contributed by atoms with Gasteiger partial charge in [0.1, 0.15) is 0 Å². The molecule has 0 saturated carbocycles. The predicted octanol–water partition coefficient (Wildman–Crippen LogP) is 6.96. The predicted molar refractivity (Wildman–Crippen MR) is 153 cm³/mol. The molecule has 3 aromatic rings. The van der Waals surface area contributed by atoms with Crippen molar-refractivity contribution < 1.29 is 0 Å². The second-order valence-electron chi connectivity index (χ2n) is 10.5. The van der Waals surface area contributed by atoms with Gasteiger partial charge in [-0.1, -0.05) is 116 Å². The van der Waals surface area contributed by atoms with Crippen LogP contribution in [0.15, 0.2) is 89.5 Å². The maximum Gasteiger partial charge on any atom is 0.161 e. The van der Waals surface area contributed by atoms with Crippen molar-refractivity contribution in [2.45, 2.75) is 73.3 Å². The smallest absolute Gasteiger partial charge is 0.0730 e. The summed E-state index contributed by atoms with van der Waals surface area (Å²) < 4.78 is 0. The highest BCUT2D eigenvalue weighted by atomic mass is 28.3. The third kappa shape index (κ3) is 3.75. The molecule has 176 valence electrons. The fourth-order valence-corrected chi connectivity index (χ4v) is 12.6. The maximum absolute atomic E-state index is 2.61. The number of hydrogen-bond donors (Lipinski definition) is 0. The third-order valence-corrected chi connectivity index (χ3v) is 14.0. The van der Waals surface area contributed by atoms with Gasteiger partial charge in [-0.05, 0) is 79.7 Å². The Labute approximate surface area is 208 Å². The molecule has 0 fully saturated rings. The zero-order valence-corrected chi connectivity index (χ0v) is 23.3. The van der Waals surface area contributed by atoms with Crippen molar-refractivity contribution in [3.05, 3.63) is 112 Å². The molecule has 0 amide bonds. The molecule has 1 aliphatic rings. The summed E-state index contributed by atoms with van der Waals surface area (Å²) in [5, 5.41) is 4.50. The summed E-state index contributed by atoms with van der Waals surface area (Å²) in [6.45, 7) is 18.6. The molecule has 0 N–H and O–H groups in total. The molecule has 0 spiro atoms. The molecular weight excluding hydrogens is 424 g/mol. The van der Waals surface area contributed by atoms with Crippen LogP contribution in [0, 0.1) is 13.8 Å². The van der Waals surface area contributed by atoms with Gasteiger partial charge in [-0.3, -0.25) is 0 Å². The lowest BCUT2D eigenvalue weighted by molar-refractivity contribution is 0.870. The van der Waals surface area contributed by atoms with Gasteiger partial charge in [0.05, 0.1) is 0 Å². The number of allylic oxidation sites excluding steroid dienone is 4. The van der Waals surface area contributed by atoms with Crippen LogP contribution < -0.4 is 15.6 Å². The Morgan fingerprint density at radius 2 is 1.15 bits per heavy atom. The summed E-state index contributed by atoms with van der Waals surface area (Å²) in [4.78, 5) is 0. The molecule has 1 heteroatoms. The van der Waals surface area contributed by atoms with Crippen LogP contribution in [0.2, 0.25) is 5.04 Å². The van der Waals surface area contributed by atoms with Crippen LogP contribution in [-0.4, -0.2) is 8.07 Å². The number of aryl methyl sites for hydroxylation is 4. The van der Waals surface area contributed by atoms with Crippen molar-refractivity contribution in [2.24, 2.45) is 0 Å². The molecular formula is C33H40Si. The number of rotatable bonds is 6. The Morgan fingerprint density at radius 3 is 1.53 bits per heavy atom. The van der Waals surface area contributed by atoms with Crippen LogP contribution in [0.5, 0.6) is 0 Å². The molecule has 4 rings (SSSR count). The normalized spacial score (nSPS) is 18.4. The van der Waals surface area contributed by atoms with E-state index in [1.54, 1.807) is 5.19 Å². The number of hydrogen-bond acceptors (Lipinski definition) is 0.